The van der Waals surface area contributed by atoms with E-state index in [4.69, 9.17) is 0 Å². The van der Waals surface area contributed by atoms with Gasteiger partial charge < -0.3 is 5.32 Å². The maximum atomic E-state index is 13.5. The molecule has 2 heterocycles. The number of nitrogens with zero attached hydrogens (tertiary/aromatic N) is 3. The number of hydrogen-bond donors (Lipinski definition) is 1. The van der Waals surface area contributed by atoms with Crippen LogP contribution in [0, 0.1) is 11.6 Å². The number of aryl methyl sites for hydroxylation is 1. The minimum absolute atomic E-state index is 0.118. The van der Waals surface area contributed by atoms with Crippen LogP contribution in [-0.4, -0.2) is 20.7 Å². The van der Waals surface area contributed by atoms with Gasteiger partial charge in [-0.2, -0.15) is 5.10 Å². The summed E-state index contributed by atoms with van der Waals surface area (Å²) in [5.74, 6) is -2.59. The topological polar surface area (TPSA) is 59.8 Å². The number of carbonyl (C=O) groups is 1. The largest absolute Gasteiger partial charge is 0.348 e. The van der Waals surface area contributed by atoms with Crippen LogP contribution in [0.5, 0.6) is 0 Å². The molecule has 0 aliphatic carbocycles. The third-order valence-electron chi connectivity index (χ3n) is 3.47. The predicted molar refractivity (Wildman–Crippen MR) is 84.0 cm³/mol. The molecule has 24 heavy (non-hydrogen) atoms. The van der Waals surface area contributed by atoms with E-state index in [1.165, 1.54) is 6.07 Å². The number of hydrogen-bond acceptors (Lipinski definition) is 3. The van der Waals surface area contributed by atoms with Crippen LogP contribution in [-0.2, 0) is 13.6 Å². The standard InChI is InChI=1S/C17H14F2N4O/c1-23-10-12(9-22-23)15-6-5-11(7-20-15)8-21-17(24)16-13(18)3-2-4-14(16)19/h2-7,9-10H,8H2,1H3,(H,21,24). The Morgan fingerprint density at radius 3 is 2.50 bits per heavy atom. The summed E-state index contributed by atoms with van der Waals surface area (Å²) in [6, 6.07) is 6.88. The van der Waals surface area contributed by atoms with Crippen LogP contribution in [0.15, 0.2) is 48.9 Å². The van der Waals surface area contributed by atoms with E-state index in [1.807, 2.05) is 13.2 Å². The monoisotopic (exact) mass is 328 g/mol. The fourth-order valence-corrected chi connectivity index (χ4v) is 2.24. The number of pyridine rings is 1. The first-order chi connectivity index (χ1) is 11.5. The summed E-state index contributed by atoms with van der Waals surface area (Å²) in [4.78, 5) is 16.2. The van der Waals surface area contributed by atoms with Crippen LogP contribution in [0.2, 0.25) is 0 Å². The third kappa shape index (κ3) is 3.29. The van der Waals surface area contributed by atoms with E-state index in [0.717, 1.165) is 23.4 Å². The fourth-order valence-electron chi connectivity index (χ4n) is 2.24. The molecule has 1 aromatic carbocycles. The first-order valence-electron chi connectivity index (χ1n) is 7.21. The molecule has 0 saturated carbocycles. The molecule has 3 rings (SSSR count). The minimum Gasteiger partial charge on any atom is -0.348 e. The van der Waals surface area contributed by atoms with Gasteiger partial charge in [-0.15, -0.1) is 0 Å². The Morgan fingerprint density at radius 1 is 1.17 bits per heavy atom. The highest BCUT2D eigenvalue weighted by Crippen LogP contribution is 2.16. The van der Waals surface area contributed by atoms with Crippen LogP contribution in [0.3, 0.4) is 0 Å². The quantitative estimate of drug-likeness (QED) is 0.801. The van der Waals surface area contributed by atoms with Crippen molar-refractivity contribution >= 4 is 5.91 Å². The van der Waals surface area contributed by atoms with E-state index in [1.54, 1.807) is 29.2 Å². The van der Waals surface area contributed by atoms with Crippen molar-refractivity contribution in [2.45, 2.75) is 6.54 Å². The average molecular weight is 328 g/mol. The summed E-state index contributed by atoms with van der Waals surface area (Å²) in [6.07, 6.45) is 5.13. The second-order valence-corrected chi connectivity index (χ2v) is 5.23. The molecule has 0 radical (unpaired) electrons. The molecule has 0 unspecified atom stereocenters. The lowest BCUT2D eigenvalue weighted by molar-refractivity contribution is 0.0942. The van der Waals surface area contributed by atoms with Crippen molar-refractivity contribution in [1.82, 2.24) is 20.1 Å². The van der Waals surface area contributed by atoms with Crippen LogP contribution in [0.1, 0.15) is 15.9 Å². The molecule has 0 aliphatic heterocycles. The zero-order valence-corrected chi connectivity index (χ0v) is 12.8. The van der Waals surface area contributed by atoms with Crippen molar-refractivity contribution in [3.63, 3.8) is 0 Å². The number of aromatic nitrogens is 3. The van der Waals surface area contributed by atoms with E-state index < -0.39 is 23.1 Å². The fraction of sp³-hybridized carbons (Fsp3) is 0.118. The molecule has 0 spiro atoms. The van der Waals surface area contributed by atoms with E-state index in [-0.39, 0.29) is 6.54 Å². The summed E-state index contributed by atoms with van der Waals surface area (Å²) in [6.45, 7) is 0.118. The van der Waals surface area contributed by atoms with Gasteiger partial charge in [-0.25, -0.2) is 8.78 Å². The van der Waals surface area contributed by atoms with Crippen molar-refractivity contribution in [3.8, 4) is 11.3 Å². The van der Waals surface area contributed by atoms with E-state index >= 15 is 0 Å². The highest BCUT2D eigenvalue weighted by molar-refractivity contribution is 5.94. The first kappa shape index (κ1) is 15.8. The molecule has 7 heteroatoms. The number of benzene rings is 1. The van der Waals surface area contributed by atoms with Crippen molar-refractivity contribution in [1.29, 1.82) is 0 Å². The maximum absolute atomic E-state index is 13.5. The molecule has 0 fully saturated rings. The zero-order chi connectivity index (χ0) is 17.1. The van der Waals surface area contributed by atoms with E-state index in [0.29, 0.717) is 5.56 Å². The normalized spacial score (nSPS) is 10.6. The van der Waals surface area contributed by atoms with Gasteiger partial charge in [-0.3, -0.25) is 14.5 Å². The molecule has 0 atom stereocenters. The van der Waals surface area contributed by atoms with Crippen molar-refractivity contribution in [2.75, 3.05) is 0 Å². The highest BCUT2D eigenvalue weighted by atomic mass is 19.1. The lowest BCUT2D eigenvalue weighted by Crippen LogP contribution is -2.25. The van der Waals surface area contributed by atoms with Gasteiger partial charge in [0.25, 0.3) is 5.91 Å². The number of rotatable bonds is 4. The SMILES string of the molecule is Cn1cc(-c2ccc(CNC(=O)c3c(F)cccc3F)cn2)cn1. The molecule has 0 aliphatic rings. The maximum Gasteiger partial charge on any atom is 0.257 e. The first-order valence-corrected chi connectivity index (χ1v) is 7.21. The van der Waals surface area contributed by atoms with Gasteiger partial charge in [0.1, 0.15) is 17.2 Å². The lowest BCUT2D eigenvalue weighted by atomic mass is 10.1. The Bertz CT molecular complexity index is 854. The van der Waals surface area contributed by atoms with Crippen molar-refractivity contribution in [3.05, 3.63) is 71.7 Å². The second-order valence-electron chi connectivity index (χ2n) is 5.23. The Morgan fingerprint density at radius 2 is 1.92 bits per heavy atom. The van der Waals surface area contributed by atoms with Crippen LogP contribution < -0.4 is 5.32 Å². The molecule has 122 valence electrons. The second kappa shape index (κ2) is 6.57. The number of halogens is 2. The average Bonchev–Trinajstić information content (AvgIpc) is 3.00. The van der Waals surface area contributed by atoms with Crippen molar-refractivity contribution in [2.24, 2.45) is 7.05 Å². The molecule has 2 aromatic heterocycles. The molecule has 3 aromatic rings. The number of carbonyl (C=O) groups excluding carboxylic acids is 1. The molecule has 5 nitrogen and oxygen atoms in total. The van der Waals surface area contributed by atoms with Crippen molar-refractivity contribution < 1.29 is 13.6 Å². The van der Waals surface area contributed by atoms with Gasteiger partial charge in [0.05, 0.1) is 11.9 Å². The molecule has 1 amide bonds. The summed E-state index contributed by atoms with van der Waals surface area (Å²) < 4.78 is 28.8. The zero-order valence-electron chi connectivity index (χ0n) is 12.8. The number of nitrogens with one attached hydrogen (secondary N) is 1. The Balaban J connectivity index is 1.68. The molecule has 0 bridgehead atoms. The Hall–Kier alpha value is -3.09. The van der Waals surface area contributed by atoms with E-state index in [2.05, 4.69) is 15.4 Å². The molecule has 0 saturated heterocycles. The molecular formula is C17H14F2N4O. The molecule has 1 N–H and O–H groups in total. The van der Waals surface area contributed by atoms with Crippen LogP contribution in [0.4, 0.5) is 8.78 Å². The highest BCUT2D eigenvalue weighted by Gasteiger charge is 2.16. The lowest BCUT2D eigenvalue weighted by Gasteiger charge is -2.07. The molecular weight excluding hydrogens is 314 g/mol. The van der Waals surface area contributed by atoms with Crippen LogP contribution in [0.25, 0.3) is 11.3 Å². The smallest absolute Gasteiger partial charge is 0.257 e. The predicted octanol–water partition coefficient (Wildman–Crippen LogP) is 2.69. The van der Waals surface area contributed by atoms with Gasteiger partial charge in [-0.1, -0.05) is 12.1 Å². The summed E-state index contributed by atoms with van der Waals surface area (Å²) in [5, 5.41) is 6.56. The van der Waals surface area contributed by atoms with E-state index in [9.17, 15) is 13.6 Å². The van der Waals surface area contributed by atoms with Gasteiger partial charge in [0.2, 0.25) is 0 Å². The number of amides is 1. The van der Waals surface area contributed by atoms with Gasteiger partial charge in [0.15, 0.2) is 0 Å². The summed E-state index contributed by atoms with van der Waals surface area (Å²) in [7, 11) is 1.81. The van der Waals surface area contributed by atoms with Gasteiger partial charge in [0, 0.05) is 31.5 Å². The Kier molecular flexibility index (Phi) is 4.33. The third-order valence-corrected chi connectivity index (χ3v) is 3.47. The Labute approximate surface area is 137 Å². The van der Waals surface area contributed by atoms with Gasteiger partial charge in [-0.05, 0) is 23.8 Å². The minimum atomic E-state index is -0.891. The van der Waals surface area contributed by atoms with Gasteiger partial charge >= 0.3 is 0 Å². The summed E-state index contributed by atoms with van der Waals surface area (Å²) >= 11 is 0. The summed E-state index contributed by atoms with van der Waals surface area (Å²) in [5.41, 5.74) is 1.75. The van der Waals surface area contributed by atoms with Crippen LogP contribution >= 0.6 is 0 Å².